The van der Waals surface area contributed by atoms with Crippen molar-refractivity contribution in [2.75, 3.05) is 31.8 Å². The van der Waals surface area contributed by atoms with E-state index in [2.05, 4.69) is 22.4 Å². The van der Waals surface area contributed by atoms with Crippen LogP contribution in [-0.2, 0) is 10.5 Å². The van der Waals surface area contributed by atoms with Crippen LogP contribution in [-0.4, -0.2) is 31.5 Å². The van der Waals surface area contributed by atoms with Crippen LogP contribution in [0.3, 0.4) is 0 Å². The highest BCUT2D eigenvalue weighted by Gasteiger charge is 2.05. The summed E-state index contributed by atoms with van der Waals surface area (Å²) in [5, 5.41) is 4.37. The molecular weight excluding hydrogens is 244 g/mol. The third-order valence-electron chi connectivity index (χ3n) is 2.73. The number of rotatable bonds is 6. The van der Waals surface area contributed by atoms with Crippen molar-refractivity contribution in [2.24, 2.45) is 0 Å². The van der Waals surface area contributed by atoms with Crippen molar-refractivity contribution < 1.29 is 4.74 Å². The Morgan fingerprint density at radius 2 is 2.17 bits per heavy atom. The van der Waals surface area contributed by atoms with Gasteiger partial charge in [0.1, 0.15) is 5.82 Å². The molecule has 1 aromatic heterocycles. The summed E-state index contributed by atoms with van der Waals surface area (Å²) in [4.78, 5) is 4.64. The van der Waals surface area contributed by atoms with Crippen molar-refractivity contribution in [3.63, 3.8) is 0 Å². The van der Waals surface area contributed by atoms with E-state index in [0.29, 0.717) is 0 Å². The smallest absolute Gasteiger partial charge is 0.130 e. The number of para-hydroxylation sites is 1. The predicted octanol–water partition coefficient (Wildman–Crippen LogP) is 3.16. The highest BCUT2D eigenvalue weighted by atomic mass is 32.2. The van der Waals surface area contributed by atoms with Crippen molar-refractivity contribution in [1.29, 1.82) is 0 Å². The minimum absolute atomic E-state index is 0.792. The molecule has 4 heteroatoms. The minimum Gasteiger partial charge on any atom is -0.384 e. The Hall–Kier alpha value is -1.26. The standard InChI is InChI=1S/C14H18N2OS/c1-15-14-12(10-18-8-7-17-2)9-11-5-3-4-6-13(11)16-14/h3-6,9H,7-8,10H2,1-2H3,(H,15,16). The fourth-order valence-corrected chi connectivity index (χ4v) is 2.68. The quantitative estimate of drug-likeness (QED) is 0.811. The Bertz CT molecular complexity index is 516. The summed E-state index contributed by atoms with van der Waals surface area (Å²) in [6, 6.07) is 10.4. The Morgan fingerprint density at radius 3 is 2.94 bits per heavy atom. The molecule has 0 aliphatic carbocycles. The molecule has 0 fully saturated rings. The topological polar surface area (TPSA) is 34.2 Å². The molecule has 0 bridgehead atoms. The molecular formula is C14H18N2OS. The average molecular weight is 262 g/mol. The van der Waals surface area contributed by atoms with Crippen molar-refractivity contribution in [3.8, 4) is 0 Å². The maximum Gasteiger partial charge on any atom is 0.130 e. The third-order valence-corrected chi connectivity index (χ3v) is 3.70. The van der Waals surface area contributed by atoms with Gasteiger partial charge in [-0.05, 0) is 12.1 Å². The number of hydrogen-bond donors (Lipinski definition) is 1. The van der Waals surface area contributed by atoms with Gasteiger partial charge in [-0.2, -0.15) is 11.8 Å². The van der Waals surface area contributed by atoms with Gasteiger partial charge in [0.25, 0.3) is 0 Å². The second-order valence-corrected chi connectivity index (χ2v) is 5.09. The van der Waals surface area contributed by atoms with E-state index < -0.39 is 0 Å². The molecule has 96 valence electrons. The molecule has 18 heavy (non-hydrogen) atoms. The third kappa shape index (κ3) is 3.15. The van der Waals surface area contributed by atoms with Gasteiger partial charge >= 0.3 is 0 Å². The summed E-state index contributed by atoms with van der Waals surface area (Å²) in [5.74, 6) is 2.93. The second kappa shape index (κ2) is 6.61. The van der Waals surface area contributed by atoms with Crippen LogP contribution in [0, 0.1) is 0 Å². The fraction of sp³-hybridized carbons (Fsp3) is 0.357. The molecule has 0 amide bonds. The largest absolute Gasteiger partial charge is 0.384 e. The maximum absolute atomic E-state index is 5.05. The van der Waals surface area contributed by atoms with E-state index in [1.165, 1.54) is 10.9 Å². The van der Waals surface area contributed by atoms with Gasteiger partial charge in [0.05, 0.1) is 12.1 Å². The summed E-state index contributed by atoms with van der Waals surface area (Å²) < 4.78 is 5.05. The molecule has 0 saturated heterocycles. The van der Waals surface area contributed by atoms with Gasteiger partial charge in [0, 0.05) is 36.6 Å². The second-order valence-electron chi connectivity index (χ2n) is 3.98. The molecule has 2 rings (SSSR count). The molecule has 1 aromatic carbocycles. The summed E-state index contributed by atoms with van der Waals surface area (Å²) in [5.41, 5.74) is 2.28. The Morgan fingerprint density at radius 1 is 1.33 bits per heavy atom. The summed E-state index contributed by atoms with van der Waals surface area (Å²) >= 11 is 1.86. The number of nitrogens with zero attached hydrogens (tertiary/aromatic N) is 1. The molecule has 0 radical (unpaired) electrons. The Balaban J connectivity index is 2.19. The molecule has 1 N–H and O–H groups in total. The van der Waals surface area contributed by atoms with Crippen LogP contribution in [0.5, 0.6) is 0 Å². The average Bonchev–Trinajstić information content (AvgIpc) is 2.42. The van der Waals surface area contributed by atoms with Crippen LogP contribution in [0.4, 0.5) is 5.82 Å². The Kier molecular flexibility index (Phi) is 4.84. The molecule has 0 atom stereocenters. The molecule has 0 aliphatic heterocycles. The van der Waals surface area contributed by atoms with Crippen LogP contribution in [0.15, 0.2) is 30.3 Å². The first-order chi connectivity index (χ1) is 8.85. The molecule has 0 aliphatic rings. The number of nitrogens with one attached hydrogen (secondary N) is 1. The number of ether oxygens (including phenoxy) is 1. The van der Waals surface area contributed by atoms with E-state index in [4.69, 9.17) is 4.74 Å². The zero-order chi connectivity index (χ0) is 12.8. The van der Waals surface area contributed by atoms with E-state index in [-0.39, 0.29) is 0 Å². The molecule has 0 spiro atoms. The van der Waals surface area contributed by atoms with Gasteiger partial charge in [-0.1, -0.05) is 18.2 Å². The number of fused-ring (bicyclic) bond motifs is 1. The lowest BCUT2D eigenvalue weighted by Gasteiger charge is -2.10. The number of pyridine rings is 1. The number of aromatic nitrogens is 1. The van der Waals surface area contributed by atoms with E-state index in [1.54, 1.807) is 7.11 Å². The highest BCUT2D eigenvalue weighted by Crippen LogP contribution is 2.23. The van der Waals surface area contributed by atoms with E-state index in [1.807, 2.05) is 37.0 Å². The predicted molar refractivity (Wildman–Crippen MR) is 79.3 cm³/mol. The lowest BCUT2D eigenvalue weighted by atomic mass is 10.1. The summed E-state index contributed by atoms with van der Waals surface area (Å²) in [6.45, 7) is 0.792. The van der Waals surface area contributed by atoms with Crippen molar-refractivity contribution >= 4 is 28.5 Å². The zero-order valence-corrected chi connectivity index (χ0v) is 11.6. The Labute approximate surface area is 112 Å². The van der Waals surface area contributed by atoms with Gasteiger partial charge in [0.15, 0.2) is 0 Å². The number of thioether (sulfide) groups is 1. The van der Waals surface area contributed by atoms with Gasteiger partial charge in [-0.25, -0.2) is 4.98 Å². The first kappa shape index (κ1) is 13.2. The van der Waals surface area contributed by atoms with Gasteiger partial charge < -0.3 is 10.1 Å². The maximum atomic E-state index is 5.05. The monoisotopic (exact) mass is 262 g/mol. The number of benzene rings is 1. The van der Waals surface area contributed by atoms with Gasteiger partial charge in [0.2, 0.25) is 0 Å². The van der Waals surface area contributed by atoms with Gasteiger partial charge in [-0.15, -0.1) is 0 Å². The zero-order valence-electron chi connectivity index (χ0n) is 10.8. The van der Waals surface area contributed by atoms with Crippen LogP contribution < -0.4 is 5.32 Å². The number of methoxy groups -OCH3 is 1. The van der Waals surface area contributed by atoms with E-state index >= 15 is 0 Å². The summed E-state index contributed by atoms with van der Waals surface area (Å²) in [6.07, 6.45) is 0. The van der Waals surface area contributed by atoms with Crippen LogP contribution in [0.25, 0.3) is 10.9 Å². The van der Waals surface area contributed by atoms with E-state index in [0.717, 1.165) is 29.4 Å². The van der Waals surface area contributed by atoms with Crippen LogP contribution in [0.1, 0.15) is 5.56 Å². The lowest BCUT2D eigenvalue weighted by Crippen LogP contribution is -1.99. The van der Waals surface area contributed by atoms with Crippen LogP contribution >= 0.6 is 11.8 Å². The highest BCUT2D eigenvalue weighted by molar-refractivity contribution is 7.98. The molecule has 2 aromatic rings. The van der Waals surface area contributed by atoms with Crippen molar-refractivity contribution in [3.05, 3.63) is 35.9 Å². The SMILES string of the molecule is CNc1nc2ccccc2cc1CSCCOC. The first-order valence-electron chi connectivity index (χ1n) is 5.98. The molecule has 3 nitrogen and oxygen atoms in total. The molecule has 1 heterocycles. The normalized spacial score (nSPS) is 10.8. The van der Waals surface area contributed by atoms with Crippen molar-refractivity contribution in [2.45, 2.75) is 5.75 Å². The van der Waals surface area contributed by atoms with Crippen LogP contribution in [0.2, 0.25) is 0 Å². The molecule has 0 unspecified atom stereocenters. The summed E-state index contributed by atoms with van der Waals surface area (Å²) in [7, 11) is 3.65. The van der Waals surface area contributed by atoms with Gasteiger partial charge in [-0.3, -0.25) is 0 Å². The molecule has 0 saturated carbocycles. The first-order valence-corrected chi connectivity index (χ1v) is 7.13. The van der Waals surface area contributed by atoms with Crippen molar-refractivity contribution in [1.82, 2.24) is 4.98 Å². The minimum atomic E-state index is 0.792. The number of hydrogen-bond acceptors (Lipinski definition) is 4. The number of anilines is 1. The lowest BCUT2D eigenvalue weighted by molar-refractivity contribution is 0.218. The van der Waals surface area contributed by atoms with E-state index in [9.17, 15) is 0 Å². The fourth-order valence-electron chi connectivity index (χ4n) is 1.81.